The quantitative estimate of drug-likeness (QED) is 0.799. The summed E-state index contributed by atoms with van der Waals surface area (Å²) in [5.41, 5.74) is 0.793. The van der Waals surface area contributed by atoms with E-state index in [0.717, 1.165) is 0 Å². The number of hydrogen-bond donors (Lipinski definition) is 1. The highest BCUT2D eigenvalue weighted by atomic mass is 19.1. The normalized spacial score (nSPS) is 10.3. The molecule has 0 unspecified atom stereocenters. The van der Waals surface area contributed by atoms with Crippen molar-refractivity contribution >= 4 is 11.9 Å². The largest absolute Gasteiger partial charge is 0.401 e. The fraction of sp³-hybridized carbons (Fsp3) is 0. The zero-order valence-corrected chi connectivity index (χ0v) is 10.7. The van der Waals surface area contributed by atoms with Crippen LogP contribution in [0, 0.1) is 5.82 Å². The molecule has 0 aliphatic heterocycles. The highest BCUT2D eigenvalue weighted by Gasteiger charge is 2.13. The molecule has 2 heterocycles. The first-order valence-electron chi connectivity index (χ1n) is 6.04. The van der Waals surface area contributed by atoms with Gasteiger partial charge in [-0.2, -0.15) is 0 Å². The average Bonchev–Trinajstić information content (AvgIpc) is 2.97. The van der Waals surface area contributed by atoms with Crippen molar-refractivity contribution in [2.24, 2.45) is 0 Å². The second kappa shape index (κ2) is 5.49. The Labute approximate surface area is 118 Å². The molecule has 0 spiro atoms. The van der Waals surface area contributed by atoms with Crippen LogP contribution in [0.3, 0.4) is 0 Å². The van der Waals surface area contributed by atoms with Gasteiger partial charge in [-0.15, -0.1) is 5.10 Å². The van der Waals surface area contributed by atoms with E-state index in [1.54, 1.807) is 24.4 Å². The van der Waals surface area contributed by atoms with Gasteiger partial charge >= 0.3 is 6.01 Å². The van der Waals surface area contributed by atoms with Gasteiger partial charge in [-0.3, -0.25) is 15.1 Å². The Morgan fingerprint density at radius 1 is 1.10 bits per heavy atom. The van der Waals surface area contributed by atoms with E-state index in [1.165, 1.54) is 24.3 Å². The molecule has 0 saturated carbocycles. The van der Waals surface area contributed by atoms with Crippen LogP contribution in [0.15, 0.2) is 53.1 Å². The van der Waals surface area contributed by atoms with Gasteiger partial charge < -0.3 is 4.42 Å². The lowest BCUT2D eigenvalue weighted by atomic mass is 10.2. The molecule has 0 fully saturated rings. The second-order valence-electron chi connectivity index (χ2n) is 4.09. The van der Waals surface area contributed by atoms with E-state index >= 15 is 0 Å². The third-order valence-corrected chi connectivity index (χ3v) is 2.64. The van der Waals surface area contributed by atoms with Gasteiger partial charge in [-0.1, -0.05) is 11.2 Å². The van der Waals surface area contributed by atoms with Gasteiger partial charge in [-0.05, 0) is 36.4 Å². The molecule has 2 aromatic heterocycles. The zero-order valence-electron chi connectivity index (χ0n) is 10.7. The van der Waals surface area contributed by atoms with Crippen molar-refractivity contribution in [2.45, 2.75) is 0 Å². The minimum Gasteiger partial charge on any atom is -0.401 e. The summed E-state index contributed by atoms with van der Waals surface area (Å²) < 4.78 is 18.1. The van der Waals surface area contributed by atoms with Gasteiger partial charge in [0.25, 0.3) is 11.8 Å². The molecule has 0 radical (unpaired) electrons. The summed E-state index contributed by atoms with van der Waals surface area (Å²) >= 11 is 0. The van der Waals surface area contributed by atoms with Crippen LogP contribution in [0.25, 0.3) is 11.6 Å². The molecule has 21 heavy (non-hydrogen) atoms. The first-order chi connectivity index (χ1) is 10.2. The number of pyridine rings is 1. The minimum atomic E-state index is -0.466. The predicted octanol–water partition coefficient (Wildman–Crippen LogP) is 2.52. The van der Waals surface area contributed by atoms with E-state index in [4.69, 9.17) is 4.42 Å². The van der Waals surface area contributed by atoms with Crippen LogP contribution < -0.4 is 5.32 Å². The maximum Gasteiger partial charge on any atom is 0.322 e. The van der Waals surface area contributed by atoms with Crippen molar-refractivity contribution in [1.29, 1.82) is 0 Å². The molecule has 0 saturated heterocycles. The molecule has 0 atom stereocenters. The number of anilines is 1. The Morgan fingerprint density at radius 3 is 2.62 bits per heavy atom. The number of nitrogens with zero attached hydrogens (tertiary/aromatic N) is 3. The second-order valence-corrected chi connectivity index (χ2v) is 4.09. The van der Waals surface area contributed by atoms with E-state index in [2.05, 4.69) is 20.5 Å². The van der Waals surface area contributed by atoms with Crippen molar-refractivity contribution in [3.05, 3.63) is 60.0 Å². The molecule has 3 rings (SSSR count). The molecule has 0 aliphatic rings. The molecule has 3 aromatic rings. The van der Waals surface area contributed by atoms with Crippen molar-refractivity contribution in [3.63, 3.8) is 0 Å². The van der Waals surface area contributed by atoms with Gasteiger partial charge in [0.05, 0.1) is 0 Å². The Bertz CT molecular complexity index is 756. The summed E-state index contributed by atoms with van der Waals surface area (Å²) in [5.74, 6) is -0.682. The molecule has 1 amide bonds. The van der Waals surface area contributed by atoms with Crippen LogP contribution in [-0.4, -0.2) is 21.1 Å². The van der Waals surface area contributed by atoms with Gasteiger partial charge in [0.15, 0.2) is 0 Å². The number of hydrogen-bond acceptors (Lipinski definition) is 5. The van der Waals surface area contributed by atoms with Crippen LogP contribution in [0.5, 0.6) is 0 Å². The van der Waals surface area contributed by atoms with Crippen LogP contribution in [-0.2, 0) is 0 Å². The number of nitrogens with one attached hydrogen (secondary N) is 1. The van der Waals surface area contributed by atoms with Crippen molar-refractivity contribution < 1.29 is 13.6 Å². The SMILES string of the molecule is O=C(Nc1nnc(-c2ccccn2)o1)c1ccc(F)cc1. The number of benzene rings is 1. The molecule has 1 aromatic carbocycles. The van der Waals surface area contributed by atoms with Crippen LogP contribution in [0.4, 0.5) is 10.4 Å². The van der Waals surface area contributed by atoms with Crippen molar-refractivity contribution in [2.75, 3.05) is 5.32 Å². The highest BCUT2D eigenvalue weighted by molar-refractivity contribution is 6.03. The number of rotatable bonds is 3. The summed E-state index contributed by atoms with van der Waals surface area (Å²) in [6.07, 6.45) is 1.59. The fourth-order valence-electron chi connectivity index (χ4n) is 1.64. The number of carbonyl (C=O) groups excluding carboxylic acids is 1. The Hall–Kier alpha value is -3.09. The third kappa shape index (κ3) is 2.92. The number of amides is 1. The lowest BCUT2D eigenvalue weighted by molar-refractivity contribution is 0.102. The Kier molecular flexibility index (Phi) is 3.38. The van der Waals surface area contributed by atoms with Gasteiger partial charge in [0.2, 0.25) is 0 Å². The first kappa shape index (κ1) is 12.9. The molecule has 0 bridgehead atoms. The number of carbonyl (C=O) groups is 1. The standard InChI is InChI=1S/C14H9FN4O2/c15-10-6-4-9(5-7-10)12(20)17-14-19-18-13(21-14)11-3-1-2-8-16-11/h1-8H,(H,17,19,20). The molecule has 6 nitrogen and oxygen atoms in total. The molecule has 104 valence electrons. The number of aromatic nitrogens is 3. The van der Waals surface area contributed by atoms with Crippen LogP contribution in [0.2, 0.25) is 0 Å². The first-order valence-corrected chi connectivity index (χ1v) is 6.04. The lowest BCUT2D eigenvalue weighted by Gasteiger charge is -1.99. The lowest BCUT2D eigenvalue weighted by Crippen LogP contribution is -2.12. The zero-order chi connectivity index (χ0) is 14.7. The summed E-state index contributed by atoms with van der Waals surface area (Å²) in [7, 11) is 0. The fourth-order valence-corrected chi connectivity index (χ4v) is 1.64. The maximum atomic E-state index is 12.8. The molecular formula is C14H9FN4O2. The summed E-state index contributed by atoms with van der Waals surface area (Å²) in [6, 6.07) is 10.3. The predicted molar refractivity (Wildman–Crippen MR) is 71.9 cm³/mol. The van der Waals surface area contributed by atoms with E-state index in [0.29, 0.717) is 5.69 Å². The van der Waals surface area contributed by atoms with E-state index in [1.807, 2.05) is 0 Å². The molecular weight excluding hydrogens is 275 g/mol. The summed E-state index contributed by atoms with van der Waals surface area (Å²) in [6.45, 7) is 0. The smallest absolute Gasteiger partial charge is 0.322 e. The van der Waals surface area contributed by atoms with Gasteiger partial charge in [0.1, 0.15) is 11.5 Å². The molecule has 0 aliphatic carbocycles. The van der Waals surface area contributed by atoms with Crippen LogP contribution >= 0.6 is 0 Å². The van der Waals surface area contributed by atoms with Crippen molar-refractivity contribution in [1.82, 2.24) is 15.2 Å². The monoisotopic (exact) mass is 284 g/mol. The topological polar surface area (TPSA) is 80.9 Å². The van der Waals surface area contributed by atoms with E-state index in [-0.39, 0.29) is 17.5 Å². The molecule has 7 heteroatoms. The van der Waals surface area contributed by atoms with Gasteiger partial charge in [-0.25, -0.2) is 4.39 Å². The van der Waals surface area contributed by atoms with Crippen LogP contribution in [0.1, 0.15) is 10.4 Å². The maximum absolute atomic E-state index is 12.8. The Balaban J connectivity index is 1.75. The average molecular weight is 284 g/mol. The Morgan fingerprint density at radius 2 is 1.90 bits per heavy atom. The highest BCUT2D eigenvalue weighted by Crippen LogP contribution is 2.17. The minimum absolute atomic E-state index is 0.0509. The third-order valence-electron chi connectivity index (χ3n) is 2.64. The summed E-state index contributed by atoms with van der Waals surface area (Å²) in [4.78, 5) is 16.0. The van der Waals surface area contributed by atoms with Crippen molar-refractivity contribution in [3.8, 4) is 11.6 Å². The van der Waals surface area contributed by atoms with E-state index in [9.17, 15) is 9.18 Å². The van der Waals surface area contributed by atoms with Gasteiger partial charge in [0, 0.05) is 11.8 Å². The summed E-state index contributed by atoms with van der Waals surface area (Å²) in [5, 5.41) is 9.94. The number of halogens is 1. The van der Waals surface area contributed by atoms with E-state index < -0.39 is 11.7 Å². The molecule has 1 N–H and O–H groups in total.